The van der Waals surface area contributed by atoms with Crippen molar-refractivity contribution in [3.63, 3.8) is 0 Å². The predicted molar refractivity (Wildman–Crippen MR) is 61.7 cm³/mol. The largest absolute Gasteiger partial charge is 0.471 e. The van der Waals surface area contributed by atoms with Gasteiger partial charge < -0.3 is 9.47 Å². The lowest BCUT2D eigenvalue weighted by Gasteiger charge is -2.16. The van der Waals surface area contributed by atoms with E-state index in [0.29, 0.717) is 6.61 Å². The Labute approximate surface area is 99.5 Å². The highest BCUT2D eigenvalue weighted by Gasteiger charge is 2.36. The van der Waals surface area contributed by atoms with Crippen LogP contribution < -0.4 is 0 Å². The standard InChI is InChI=1S/C12H14N2O3/c1-3-16-12(15)10-11(17-7-14-10)9-8(2)5-4-6-13-9/h4-7,10-11H,3H2,1-2H3/t10-,11+/m0/s1. The molecule has 2 atom stereocenters. The highest BCUT2D eigenvalue weighted by Crippen LogP contribution is 2.28. The number of carbonyl (C=O) groups excluding carboxylic acids is 1. The van der Waals surface area contributed by atoms with Crippen LogP contribution in [0.2, 0.25) is 0 Å². The van der Waals surface area contributed by atoms with E-state index in [1.807, 2.05) is 19.1 Å². The van der Waals surface area contributed by atoms with Crippen LogP contribution in [-0.2, 0) is 14.3 Å². The third kappa shape index (κ3) is 2.27. The summed E-state index contributed by atoms with van der Waals surface area (Å²) >= 11 is 0. The number of pyridine rings is 1. The molecule has 0 unspecified atom stereocenters. The van der Waals surface area contributed by atoms with Crippen LogP contribution in [0.5, 0.6) is 0 Å². The van der Waals surface area contributed by atoms with Crippen molar-refractivity contribution < 1.29 is 14.3 Å². The van der Waals surface area contributed by atoms with Crippen LogP contribution in [0.25, 0.3) is 0 Å². The van der Waals surface area contributed by atoms with Crippen LogP contribution in [0.15, 0.2) is 23.3 Å². The van der Waals surface area contributed by atoms with Gasteiger partial charge in [0, 0.05) is 6.20 Å². The molecular formula is C12H14N2O3. The summed E-state index contributed by atoms with van der Waals surface area (Å²) in [6.45, 7) is 4.02. The number of rotatable bonds is 3. The van der Waals surface area contributed by atoms with Crippen molar-refractivity contribution in [2.45, 2.75) is 26.0 Å². The molecule has 1 aromatic rings. The normalized spacial score (nSPS) is 22.2. The number of esters is 1. The topological polar surface area (TPSA) is 60.8 Å². The van der Waals surface area contributed by atoms with Gasteiger partial charge in [0.1, 0.15) is 0 Å². The maximum atomic E-state index is 11.7. The summed E-state index contributed by atoms with van der Waals surface area (Å²) < 4.78 is 10.3. The lowest BCUT2D eigenvalue weighted by atomic mass is 10.0. The van der Waals surface area contributed by atoms with Crippen LogP contribution >= 0.6 is 0 Å². The van der Waals surface area contributed by atoms with Crippen molar-refractivity contribution in [2.75, 3.05) is 6.61 Å². The second-order valence-corrected chi connectivity index (χ2v) is 3.71. The van der Waals surface area contributed by atoms with Gasteiger partial charge in [-0.25, -0.2) is 9.79 Å². The second-order valence-electron chi connectivity index (χ2n) is 3.71. The van der Waals surface area contributed by atoms with E-state index in [4.69, 9.17) is 9.47 Å². The number of carbonyl (C=O) groups is 1. The molecule has 0 saturated heterocycles. The first kappa shape index (κ1) is 11.6. The summed E-state index contributed by atoms with van der Waals surface area (Å²) in [7, 11) is 0. The van der Waals surface area contributed by atoms with Gasteiger partial charge in [-0.2, -0.15) is 0 Å². The van der Waals surface area contributed by atoms with E-state index in [-0.39, 0.29) is 5.97 Å². The van der Waals surface area contributed by atoms with Crippen molar-refractivity contribution in [3.8, 4) is 0 Å². The van der Waals surface area contributed by atoms with Gasteiger partial charge in [0.05, 0.1) is 12.3 Å². The third-order valence-electron chi connectivity index (χ3n) is 2.56. The summed E-state index contributed by atoms with van der Waals surface area (Å²) in [6, 6.07) is 3.11. The fourth-order valence-electron chi connectivity index (χ4n) is 1.74. The maximum Gasteiger partial charge on any atom is 0.335 e. The van der Waals surface area contributed by atoms with Gasteiger partial charge in [0.15, 0.2) is 18.5 Å². The molecule has 0 aromatic carbocycles. The molecule has 5 nitrogen and oxygen atoms in total. The summed E-state index contributed by atoms with van der Waals surface area (Å²) in [5.74, 6) is -0.378. The van der Waals surface area contributed by atoms with E-state index in [2.05, 4.69) is 9.98 Å². The lowest BCUT2D eigenvalue weighted by molar-refractivity contribution is -0.146. The fraction of sp³-hybridized carbons (Fsp3) is 0.417. The molecule has 1 aromatic heterocycles. The Morgan fingerprint density at radius 1 is 1.59 bits per heavy atom. The minimum atomic E-state index is -0.649. The molecule has 0 bridgehead atoms. The SMILES string of the molecule is CCOC(=O)[C@H]1N=CO[C@@H]1c1ncccc1C. The first-order valence-corrected chi connectivity index (χ1v) is 5.49. The molecule has 5 heteroatoms. The minimum Gasteiger partial charge on any atom is -0.471 e. The van der Waals surface area contributed by atoms with E-state index in [1.165, 1.54) is 6.40 Å². The first-order chi connectivity index (χ1) is 8.24. The number of ether oxygens (including phenoxy) is 2. The highest BCUT2D eigenvalue weighted by molar-refractivity contribution is 5.80. The molecular weight excluding hydrogens is 220 g/mol. The quantitative estimate of drug-likeness (QED) is 0.742. The summed E-state index contributed by atoms with van der Waals surface area (Å²) in [5.41, 5.74) is 1.69. The molecule has 0 aliphatic carbocycles. The zero-order valence-electron chi connectivity index (χ0n) is 9.79. The molecule has 0 amide bonds. The van der Waals surface area contributed by atoms with Gasteiger partial charge in [-0.3, -0.25) is 4.98 Å². The van der Waals surface area contributed by atoms with Gasteiger partial charge in [-0.05, 0) is 25.5 Å². The van der Waals surface area contributed by atoms with Crippen molar-refractivity contribution in [1.29, 1.82) is 0 Å². The average Bonchev–Trinajstić information content (AvgIpc) is 2.79. The predicted octanol–water partition coefficient (Wildman–Crippen LogP) is 1.42. The van der Waals surface area contributed by atoms with Gasteiger partial charge in [0.2, 0.25) is 0 Å². The average molecular weight is 234 g/mol. The molecule has 0 fully saturated rings. The highest BCUT2D eigenvalue weighted by atomic mass is 16.5. The van der Waals surface area contributed by atoms with Gasteiger partial charge in [0.25, 0.3) is 0 Å². The minimum absolute atomic E-state index is 0.332. The Morgan fingerprint density at radius 2 is 2.41 bits per heavy atom. The summed E-state index contributed by atoms with van der Waals surface area (Å²) in [6.07, 6.45) is 2.49. The van der Waals surface area contributed by atoms with E-state index in [9.17, 15) is 4.79 Å². The molecule has 90 valence electrons. The maximum absolute atomic E-state index is 11.7. The molecule has 17 heavy (non-hydrogen) atoms. The molecule has 1 aliphatic rings. The number of aryl methyl sites for hydroxylation is 1. The monoisotopic (exact) mass is 234 g/mol. The third-order valence-corrected chi connectivity index (χ3v) is 2.56. The van der Waals surface area contributed by atoms with E-state index >= 15 is 0 Å². The Hall–Kier alpha value is -1.91. The molecule has 0 N–H and O–H groups in total. The van der Waals surface area contributed by atoms with Crippen molar-refractivity contribution in [3.05, 3.63) is 29.6 Å². The van der Waals surface area contributed by atoms with Gasteiger partial charge in [-0.1, -0.05) is 6.07 Å². The molecule has 0 spiro atoms. The van der Waals surface area contributed by atoms with Crippen LogP contribution in [0.3, 0.4) is 0 Å². The fourth-order valence-corrected chi connectivity index (χ4v) is 1.74. The molecule has 2 heterocycles. The van der Waals surface area contributed by atoms with Crippen LogP contribution in [0, 0.1) is 6.92 Å². The Bertz CT molecular complexity index is 445. The number of aliphatic imine (C=N–C) groups is 1. The van der Waals surface area contributed by atoms with E-state index in [1.54, 1.807) is 13.1 Å². The van der Waals surface area contributed by atoms with E-state index in [0.717, 1.165) is 11.3 Å². The zero-order chi connectivity index (χ0) is 12.3. The summed E-state index contributed by atoms with van der Waals surface area (Å²) in [4.78, 5) is 19.9. The number of hydrogen-bond donors (Lipinski definition) is 0. The lowest BCUT2D eigenvalue weighted by Crippen LogP contribution is -2.27. The van der Waals surface area contributed by atoms with Gasteiger partial charge in [-0.15, -0.1) is 0 Å². The second kappa shape index (κ2) is 4.95. The smallest absolute Gasteiger partial charge is 0.335 e. The Kier molecular flexibility index (Phi) is 3.37. The van der Waals surface area contributed by atoms with Crippen molar-refractivity contribution in [2.24, 2.45) is 4.99 Å². The molecule has 1 aliphatic heterocycles. The summed E-state index contributed by atoms with van der Waals surface area (Å²) in [5, 5.41) is 0. The number of nitrogens with zero attached hydrogens (tertiary/aromatic N) is 2. The Morgan fingerprint density at radius 3 is 3.12 bits per heavy atom. The molecule has 0 radical (unpaired) electrons. The van der Waals surface area contributed by atoms with Crippen LogP contribution in [-0.4, -0.2) is 30.0 Å². The Balaban J connectivity index is 2.22. The first-order valence-electron chi connectivity index (χ1n) is 5.49. The van der Waals surface area contributed by atoms with Crippen molar-refractivity contribution in [1.82, 2.24) is 4.98 Å². The van der Waals surface area contributed by atoms with Crippen molar-refractivity contribution >= 4 is 12.4 Å². The zero-order valence-corrected chi connectivity index (χ0v) is 9.79. The number of aromatic nitrogens is 1. The van der Waals surface area contributed by atoms with Gasteiger partial charge >= 0.3 is 5.97 Å². The number of hydrogen-bond acceptors (Lipinski definition) is 5. The molecule has 2 rings (SSSR count). The molecule has 0 saturated carbocycles. The van der Waals surface area contributed by atoms with E-state index < -0.39 is 12.1 Å². The van der Waals surface area contributed by atoms with Crippen LogP contribution in [0.1, 0.15) is 24.3 Å². The van der Waals surface area contributed by atoms with Crippen LogP contribution in [0.4, 0.5) is 0 Å².